The number of carbonyl (C=O) groups excluding carboxylic acids is 2. The van der Waals surface area contributed by atoms with Gasteiger partial charge in [0.15, 0.2) is 0 Å². The van der Waals surface area contributed by atoms with Crippen molar-refractivity contribution in [1.82, 2.24) is 15.6 Å². The summed E-state index contributed by atoms with van der Waals surface area (Å²) in [5.41, 5.74) is 2.78. The van der Waals surface area contributed by atoms with Crippen LogP contribution in [0.5, 0.6) is 0 Å². The molecular weight excluding hydrogens is 304 g/mol. The van der Waals surface area contributed by atoms with Gasteiger partial charge in [0.2, 0.25) is 5.91 Å². The molecule has 1 aromatic heterocycles. The molecule has 1 aromatic carbocycles. The first-order chi connectivity index (χ1) is 11.7. The lowest BCUT2D eigenvalue weighted by molar-refractivity contribution is -0.118. The van der Waals surface area contributed by atoms with Crippen LogP contribution in [0.3, 0.4) is 0 Å². The number of nitrogens with zero attached hydrogens (tertiary/aromatic N) is 2. The molecule has 2 heterocycles. The zero-order valence-electron chi connectivity index (χ0n) is 13.5. The van der Waals surface area contributed by atoms with Crippen molar-refractivity contribution in [2.75, 3.05) is 18.5 Å². The van der Waals surface area contributed by atoms with Crippen LogP contribution in [-0.2, 0) is 11.2 Å². The molecule has 0 radical (unpaired) electrons. The predicted molar refractivity (Wildman–Crippen MR) is 91.7 cm³/mol. The van der Waals surface area contributed by atoms with Crippen LogP contribution in [0.1, 0.15) is 23.6 Å². The maximum atomic E-state index is 12.7. The summed E-state index contributed by atoms with van der Waals surface area (Å²) in [5.74, 6) is 0.0482. The van der Waals surface area contributed by atoms with Gasteiger partial charge in [-0.15, -0.1) is 0 Å². The van der Waals surface area contributed by atoms with Gasteiger partial charge in [-0.1, -0.05) is 18.2 Å². The number of carbonyl (C=O) groups is 2. The number of benzene rings is 1. The standard InChI is InChI=1S/C18H20N4O2/c1-19-18(24)21-15-8-11-22(16-5-3-2-4-14(15)16)17(23)12-13-6-9-20-10-7-13/h2-7,9-10,15H,8,11-12H2,1H3,(H2,19,21,24). The molecule has 0 spiro atoms. The summed E-state index contributed by atoms with van der Waals surface area (Å²) in [6, 6.07) is 11.1. The van der Waals surface area contributed by atoms with E-state index in [-0.39, 0.29) is 18.0 Å². The molecule has 0 saturated heterocycles. The van der Waals surface area contributed by atoms with Crippen LogP contribution >= 0.6 is 0 Å². The fraction of sp³-hybridized carbons (Fsp3) is 0.278. The van der Waals surface area contributed by atoms with E-state index in [9.17, 15) is 9.59 Å². The van der Waals surface area contributed by atoms with Crippen molar-refractivity contribution in [3.63, 3.8) is 0 Å². The Kier molecular flexibility index (Phi) is 4.74. The van der Waals surface area contributed by atoms with Crippen LogP contribution in [0.25, 0.3) is 0 Å². The molecule has 6 heteroatoms. The fourth-order valence-corrected chi connectivity index (χ4v) is 2.97. The summed E-state index contributed by atoms with van der Waals surface area (Å²) in [5, 5.41) is 5.51. The number of pyridine rings is 1. The van der Waals surface area contributed by atoms with Gasteiger partial charge >= 0.3 is 6.03 Å². The number of rotatable bonds is 3. The Hall–Kier alpha value is -2.89. The van der Waals surface area contributed by atoms with E-state index in [4.69, 9.17) is 0 Å². The maximum absolute atomic E-state index is 12.7. The number of anilines is 1. The second-order valence-electron chi connectivity index (χ2n) is 5.70. The van der Waals surface area contributed by atoms with Crippen molar-refractivity contribution in [1.29, 1.82) is 0 Å². The van der Waals surface area contributed by atoms with Crippen LogP contribution in [-0.4, -0.2) is 30.5 Å². The van der Waals surface area contributed by atoms with E-state index in [2.05, 4.69) is 15.6 Å². The molecule has 3 rings (SSSR count). The van der Waals surface area contributed by atoms with E-state index in [0.717, 1.165) is 16.8 Å². The van der Waals surface area contributed by atoms with Crippen molar-refractivity contribution in [3.05, 3.63) is 59.9 Å². The molecule has 0 fully saturated rings. The Balaban J connectivity index is 1.81. The second-order valence-corrected chi connectivity index (χ2v) is 5.70. The van der Waals surface area contributed by atoms with Crippen LogP contribution in [0, 0.1) is 0 Å². The maximum Gasteiger partial charge on any atom is 0.315 e. The summed E-state index contributed by atoms with van der Waals surface area (Å²) in [6.07, 6.45) is 4.41. The zero-order valence-corrected chi connectivity index (χ0v) is 13.5. The van der Waals surface area contributed by atoms with E-state index in [1.54, 1.807) is 24.3 Å². The lowest BCUT2D eigenvalue weighted by atomic mass is 9.96. The summed E-state index contributed by atoms with van der Waals surface area (Å²) < 4.78 is 0. The molecule has 1 aliphatic heterocycles. The number of aromatic nitrogens is 1. The first-order valence-corrected chi connectivity index (χ1v) is 7.95. The van der Waals surface area contributed by atoms with Crippen molar-refractivity contribution in [3.8, 4) is 0 Å². The highest BCUT2D eigenvalue weighted by Crippen LogP contribution is 2.33. The molecule has 1 atom stereocenters. The van der Waals surface area contributed by atoms with Gasteiger partial charge in [0.05, 0.1) is 12.5 Å². The smallest absolute Gasteiger partial charge is 0.315 e. The highest BCUT2D eigenvalue weighted by atomic mass is 16.2. The molecule has 124 valence electrons. The third-order valence-electron chi connectivity index (χ3n) is 4.18. The number of urea groups is 1. The number of amides is 3. The van der Waals surface area contributed by atoms with Gasteiger partial charge in [-0.25, -0.2) is 4.79 Å². The van der Waals surface area contributed by atoms with E-state index >= 15 is 0 Å². The van der Waals surface area contributed by atoms with Crippen molar-refractivity contribution in [2.45, 2.75) is 18.9 Å². The van der Waals surface area contributed by atoms with Gasteiger partial charge in [-0.3, -0.25) is 9.78 Å². The average molecular weight is 324 g/mol. The normalized spacial score (nSPS) is 16.2. The highest BCUT2D eigenvalue weighted by molar-refractivity contribution is 5.96. The van der Waals surface area contributed by atoms with E-state index in [0.29, 0.717) is 19.4 Å². The molecule has 0 aliphatic carbocycles. The van der Waals surface area contributed by atoms with Gasteiger partial charge in [-0.05, 0) is 35.7 Å². The van der Waals surface area contributed by atoms with Gasteiger partial charge in [-0.2, -0.15) is 0 Å². The summed E-state index contributed by atoms with van der Waals surface area (Å²) in [4.78, 5) is 30.1. The Morgan fingerprint density at radius 2 is 1.96 bits per heavy atom. The Bertz CT molecular complexity index is 733. The first kappa shape index (κ1) is 16.0. The molecule has 1 unspecified atom stereocenters. The molecule has 0 bridgehead atoms. The molecule has 24 heavy (non-hydrogen) atoms. The number of nitrogens with one attached hydrogen (secondary N) is 2. The Labute approximate surface area is 140 Å². The average Bonchev–Trinajstić information content (AvgIpc) is 2.62. The molecule has 3 amide bonds. The largest absolute Gasteiger partial charge is 0.341 e. The monoisotopic (exact) mass is 324 g/mol. The summed E-state index contributed by atoms with van der Waals surface area (Å²) in [7, 11) is 1.59. The Morgan fingerprint density at radius 1 is 1.21 bits per heavy atom. The zero-order chi connectivity index (χ0) is 16.9. The predicted octanol–water partition coefficient (Wildman–Crippen LogP) is 2.03. The molecule has 6 nitrogen and oxygen atoms in total. The quantitative estimate of drug-likeness (QED) is 0.907. The third kappa shape index (κ3) is 3.37. The summed E-state index contributed by atoms with van der Waals surface area (Å²) in [6.45, 7) is 0.579. The van der Waals surface area contributed by atoms with Crippen molar-refractivity contribution in [2.24, 2.45) is 0 Å². The molecule has 2 N–H and O–H groups in total. The van der Waals surface area contributed by atoms with E-state index in [1.165, 1.54) is 0 Å². The first-order valence-electron chi connectivity index (χ1n) is 7.95. The van der Waals surface area contributed by atoms with Crippen molar-refractivity contribution >= 4 is 17.6 Å². The van der Waals surface area contributed by atoms with Crippen molar-refractivity contribution < 1.29 is 9.59 Å². The van der Waals surface area contributed by atoms with Crippen LogP contribution in [0.2, 0.25) is 0 Å². The van der Waals surface area contributed by atoms with E-state index in [1.807, 2.05) is 36.4 Å². The topological polar surface area (TPSA) is 74.3 Å². The summed E-state index contributed by atoms with van der Waals surface area (Å²) >= 11 is 0. The number of hydrogen-bond donors (Lipinski definition) is 2. The lowest BCUT2D eigenvalue weighted by Gasteiger charge is -2.34. The van der Waals surface area contributed by atoms with Crippen LogP contribution in [0.4, 0.5) is 10.5 Å². The fourth-order valence-electron chi connectivity index (χ4n) is 2.97. The van der Waals surface area contributed by atoms with Crippen LogP contribution < -0.4 is 15.5 Å². The minimum absolute atomic E-state index is 0.0482. The van der Waals surface area contributed by atoms with Gasteiger partial charge in [0.1, 0.15) is 0 Å². The Morgan fingerprint density at radius 3 is 2.71 bits per heavy atom. The third-order valence-corrected chi connectivity index (χ3v) is 4.18. The van der Waals surface area contributed by atoms with Crippen LogP contribution in [0.15, 0.2) is 48.8 Å². The highest BCUT2D eigenvalue weighted by Gasteiger charge is 2.29. The minimum atomic E-state index is -0.216. The van der Waals surface area contributed by atoms with Gasteiger partial charge in [0, 0.05) is 31.7 Å². The molecule has 0 saturated carbocycles. The number of para-hydroxylation sites is 1. The van der Waals surface area contributed by atoms with Gasteiger partial charge < -0.3 is 15.5 Å². The molecular formula is C18H20N4O2. The van der Waals surface area contributed by atoms with Gasteiger partial charge in [0.25, 0.3) is 0 Å². The lowest BCUT2D eigenvalue weighted by Crippen LogP contribution is -2.43. The number of fused-ring (bicyclic) bond motifs is 1. The minimum Gasteiger partial charge on any atom is -0.341 e. The SMILES string of the molecule is CNC(=O)NC1CCN(C(=O)Cc2ccncc2)c2ccccc21. The van der Waals surface area contributed by atoms with E-state index < -0.39 is 0 Å². The molecule has 2 aromatic rings. The second kappa shape index (κ2) is 7.12. The molecule has 1 aliphatic rings. The number of hydrogen-bond acceptors (Lipinski definition) is 3.